The molecule has 0 radical (unpaired) electrons. The largest absolute Gasteiger partial charge is 0.481 e. The van der Waals surface area contributed by atoms with Gasteiger partial charge in [-0.2, -0.15) is 4.98 Å². The molecule has 0 fully saturated rings. The minimum Gasteiger partial charge on any atom is -0.481 e. The van der Waals surface area contributed by atoms with E-state index >= 15 is 0 Å². The van der Waals surface area contributed by atoms with Crippen LogP contribution in [0.15, 0.2) is 9.59 Å². The zero-order valence-electron chi connectivity index (χ0n) is 11.4. The number of aromatic amines is 1. The van der Waals surface area contributed by atoms with Crippen LogP contribution in [0.5, 0.6) is 0 Å². The van der Waals surface area contributed by atoms with Crippen molar-refractivity contribution in [1.82, 2.24) is 19.1 Å². The van der Waals surface area contributed by atoms with Gasteiger partial charge in [0.05, 0.1) is 6.42 Å². The number of nitrogens with zero attached hydrogens (tertiary/aromatic N) is 3. The number of aromatic nitrogens is 4. The number of carbonyl (C=O) groups is 1. The highest BCUT2D eigenvalue weighted by atomic mass is 35.5. The second-order valence-corrected chi connectivity index (χ2v) is 4.97. The molecule has 2 rings (SSSR count). The lowest BCUT2D eigenvalue weighted by molar-refractivity contribution is -0.137. The van der Waals surface area contributed by atoms with Crippen LogP contribution in [0.25, 0.3) is 11.2 Å². The molecule has 0 saturated carbocycles. The summed E-state index contributed by atoms with van der Waals surface area (Å²) in [5.74, 6) is -1.08. The first-order valence-electron chi connectivity index (χ1n) is 6.56. The van der Waals surface area contributed by atoms with E-state index in [1.807, 2.05) is 6.92 Å². The maximum atomic E-state index is 12.4. The molecule has 0 aromatic carbocycles. The average Bonchev–Trinajstić information content (AvgIpc) is 2.80. The van der Waals surface area contributed by atoms with Crippen LogP contribution in [0, 0.1) is 0 Å². The van der Waals surface area contributed by atoms with Crippen molar-refractivity contribution in [3.05, 3.63) is 26.1 Å². The molecule has 0 amide bonds. The van der Waals surface area contributed by atoms with Gasteiger partial charge < -0.3 is 10.1 Å². The summed E-state index contributed by atoms with van der Waals surface area (Å²) in [5.41, 5.74) is -0.857. The number of carboxylic acids is 1. The molecule has 0 aliphatic heterocycles. The molecule has 0 aliphatic carbocycles. The Labute approximate surface area is 124 Å². The van der Waals surface area contributed by atoms with Gasteiger partial charge in [-0.1, -0.05) is 13.3 Å². The summed E-state index contributed by atoms with van der Waals surface area (Å²) in [4.78, 5) is 41.8. The van der Waals surface area contributed by atoms with Crippen LogP contribution < -0.4 is 11.2 Å². The van der Waals surface area contributed by atoms with Crippen LogP contribution in [-0.4, -0.2) is 30.2 Å². The van der Waals surface area contributed by atoms with Crippen molar-refractivity contribution < 1.29 is 9.90 Å². The van der Waals surface area contributed by atoms with E-state index in [0.29, 0.717) is 6.54 Å². The van der Waals surface area contributed by atoms with E-state index in [1.165, 1.54) is 4.57 Å². The lowest BCUT2D eigenvalue weighted by Crippen LogP contribution is -2.40. The molecule has 2 aromatic heterocycles. The number of hydrogen-bond donors (Lipinski definition) is 2. The smallest absolute Gasteiger partial charge is 0.332 e. The second kappa shape index (κ2) is 6.13. The van der Waals surface area contributed by atoms with Crippen LogP contribution in [0.4, 0.5) is 0 Å². The number of aryl methyl sites for hydroxylation is 1. The number of imidazole rings is 1. The molecule has 0 spiro atoms. The molecule has 0 atom stereocenters. The van der Waals surface area contributed by atoms with Crippen LogP contribution in [0.3, 0.4) is 0 Å². The Hall–Kier alpha value is -2.09. The number of unbranched alkanes of at least 4 members (excludes halogenated alkanes) is 1. The van der Waals surface area contributed by atoms with Crippen molar-refractivity contribution in [1.29, 1.82) is 0 Å². The quantitative estimate of drug-likeness (QED) is 0.767. The van der Waals surface area contributed by atoms with Gasteiger partial charge in [-0.25, -0.2) is 4.79 Å². The fourth-order valence-electron chi connectivity index (χ4n) is 2.06. The van der Waals surface area contributed by atoms with Crippen molar-refractivity contribution in [2.24, 2.45) is 0 Å². The van der Waals surface area contributed by atoms with Gasteiger partial charge in [-0.05, 0) is 18.0 Å². The zero-order valence-corrected chi connectivity index (χ0v) is 12.2. The number of rotatable bonds is 6. The highest BCUT2D eigenvalue weighted by molar-refractivity contribution is 6.28. The molecule has 21 heavy (non-hydrogen) atoms. The molecule has 2 heterocycles. The Kier molecular flexibility index (Phi) is 4.46. The van der Waals surface area contributed by atoms with Gasteiger partial charge in [0.1, 0.15) is 0 Å². The number of carboxylic acid groups (broad SMARTS) is 1. The van der Waals surface area contributed by atoms with Gasteiger partial charge in [0.2, 0.25) is 5.28 Å². The van der Waals surface area contributed by atoms with Crippen LogP contribution in [0.1, 0.15) is 26.2 Å². The topological polar surface area (TPSA) is 110 Å². The number of fused-ring (bicyclic) bond motifs is 1. The standard InChI is InChI=1S/C12H15ClN4O4/c1-2-3-5-16-9-8(14-11(13)15-9)10(20)17(12(16)21)6-4-7(18)19/h2-6H2,1H3,(H,14,15)(H,18,19). The lowest BCUT2D eigenvalue weighted by Gasteiger charge is -2.09. The normalized spacial score (nSPS) is 11.1. The molecular formula is C12H15ClN4O4. The van der Waals surface area contributed by atoms with Crippen molar-refractivity contribution in [2.45, 2.75) is 39.3 Å². The minimum atomic E-state index is -1.08. The maximum absolute atomic E-state index is 12.4. The van der Waals surface area contributed by atoms with E-state index < -0.39 is 17.2 Å². The van der Waals surface area contributed by atoms with E-state index in [0.717, 1.165) is 17.4 Å². The Balaban J connectivity index is 2.65. The molecule has 2 aromatic rings. The van der Waals surface area contributed by atoms with E-state index in [1.54, 1.807) is 0 Å². The molecular weight excluding hydrogens is 300 g/mol. The Morgan fingerprint density at radius 1 is 1.33 bits per heavy atom. The van der Waals surface area contributed by atoms with Crippen molar-refractivity contribution in [3.8, 4) is 0 Å². The van der Waals surface area contributed by atoms with Gasteiger partial charge in [-0.15, -0.1) is 0 Å². The summed E-state index contributed by atoms with van der Waals surface area (Å²) in [6, 6.07) is 0. The highest BCUT2D eigenvalue weighted by Crippen LogP contribution is 2.10. The number of H-pyrrole nitrogens is 1. The molecule has 8 nitrogen and oxygen atoms in total. The molecule has 0 bridgehead atoms. The minimum absolute atomic E-state index is 0.0164. The fraction of sp³-hybridized carbons (Fsp3) is 0.500. The third kappa shape index (κ3) is 2.99. The number of nitrogens with one attached hydrogen (secondary N) is 1. The summed E-state index contributed by atoms with van der Waals surface area (Å²) in [6.07, 6.45) is 1.28. The fourth-order valence-corrected chi connectivity index (χ4v) is 2.24. The van der Waals surface area contributed by atoms with Gasteiger partial charge in [-0.3, -0.25) is 18.7 Å². The first-order chi connectivity index (χ1) is 9.95. The maximum Gasteiger partial charge on any atom is 0.332 e. The lowest BCUT2D eigenvalue weighted by atomic mass is 10.3. The van der Waals surface area contributed by atoms with Gasteiger partial charge in [0, 0.05) is 13.1 Å². The molecule has 0 saturated heterocycles. The van der Waals surface area contributed by atoms with E-state index in [-0.39, 0.29) is 29.4 Å². The Morgan fingerprint density at radius 3 is 2.67 bits per heavy atom. The summed E-state index contributed by atoms with van der Waals surface area (Å²) in [6.45, 7) is 2.17. The summed E-state index contributed by atoms with van der Waals surface area (Å²) < 4.78 is 2.26. The van der Waals surface area contributed by atoms with Gasteiger partial charge in [0.25, 0.3) is 5.56 Å². The van der Waals surface area contributed by atoms with Crippen molar-refractivity contribution >= 4 is 28.7 Å². The van der Waals surface area contributed by atoms with Crippen LogP contribution in [-0.2, 0) is 17.9 Å². The average molecular weight is 315 g/mol. The summed E-state index contributed by atoms with van der Waals surface area (Å²) in [5, 5.41) is 8.74. The Morgan fingerprint density at radius 2 is 2.05 bits per heavy atom. The predicted octanol–water partition coefficient (Wildman–Crippen LogP) is 0.814. The number of hydrogen-bond acceptors (Lipinski definition) is 4. The number of halogens is 1. The second-order valence-electron chi connectivity index (χ2n) is 4.61. The molecule has 9 heteroatoms. The highest BCUT2D eigenvalue weighted by Gasteiger charge is 2.17. The summed E-state index contributed by atoms with van der Waals surface area (Å²) >= 11 is 5.77. The van der Waals surface area contributed by atoms with Crippen LogP contribution in [0.2, 0.25) is 5.28 Å². The molecule has 0 unspecified atom stereocenters. The van der Waals surface area contributed by atoms with Crippen molar-refractivity contribution in [3.63, 3.8) is 0 Å². The number of aliphatic carboxylic acids is 1. The Bertz CT molecular complexity index is 789. The predicted molar refractivity (Wildman–Crippen MR) is 76.8 cm³/mol. The molecule has 114 valence electrons. The third-order valence-corrected chi connectivity index (χ3v) is 3.30. The monoisotopic (exact) mass is 314 g/mol. The third-order valence-electron chi connectivity index (χ3n) is 3.12. The first kappa shape index (κ1) is 15.3. The first-order valence-corrected chi connectivity index (χ1v) is 6.94. The van der Waals surface area contributed by atoms with Gasteiger partial charge in [0.15, 0.2) is 11.2 Å². The van der Waals surface area contributed by atoms with E-state index in [2.05, 4.69) is 9.97 Å². The zero-order chi connectivity index (χ0) is 15.6. The SMILES string of the molecule is CCCCn1c(=O)n(CCC(=O)O)c(=O)c2[nH]c(Cl)nc21. The van der Waals surface area contributed by atoms with Gasteiger partial charge >= 0.3 is 11.7 Å². The van der Waals surface area contributed by atoms with E-state index in [9.17, 15) is 14.4 Å². The van der Waals surface area contributed by atoms with Crippen LogP contribution >= 0.6 is 11.6 Å². The van der Waals surface area contributed by atoms with E-state index in [4.69, 9.17) is 16.7 Å². The summed E-state index contributed by atoms with van der Waals surface area (Å²) in [7, 11) is 0. The molecule has 2 N–H and O–H groups in total. The van der Waals surface area contributed by atoms with Crippen molar-refractivity contribution in [2.75, 3.05) is 0 Å². The molecule has 0 aliphatic rings.